The van der Waals surface area contributed by atoms with Crippen LogP contribution >= 0.6 is 15.9 Å². The number of aryl methyl sites for hydroxylation is 1. The summed E-state index contributed by atoms with van der Waals surface area (Å²) in [7, 11) is 0. The Kier molecular flexibility index (Phi) is 4.06. The van der Waals surface area contributed by atoms with Gasteiger partial charge < -0.3 is 4.90 Å². The van der Waals surface area contributed by atoms with Crippen molar-refractivity contribution in [3.8, 4) is 16.9 Å². The van der Waals surface area contributed by atoms with Crippen molar-refractivity contribution in [2.45, 2.75) is 19.8 Å². The normalized spacial score (nSPS) is 14.3. The van der Waals surface area contributed by atoms with Gasteiger partial charge in [-0.15, -0.1) is 0 Å². The molecule has 0 saturated carbocycles. The molecular weight excluding hydrogens is 366 g/mol. The van der Waals surface area contributed by atoms with Crippen LogP contribution in [0.1, 0.15) is 18.5 Å². The summed E-state index contributed by atoms with van der Waals surface area (Å²) < 4.78 is 2.70. The van der Waals surface area contributed by atoms with E-state index in [1.807, 2.05) is 42.2 Å². The minimum atomic E-state index is 0.784. The summed E-state index contributed by atoms with van der Waals surface area (Å²) in [5.74, 6) is 1.58. The lowest BCUT2D eigenvalue weighted by molar-refractivity contribution is 0.806. The monoisotopic (exact) mass is 383 g/mol. The Morgan fingerprint density at radius 1 is 1.00 bits per heavy atom. The molecule has 0 radical (unpaired) electrons. The van der Waals surface area contributed by atoms with E-state index in [1.165, 1.54) is 12.8 Å². The van der Waals surface area contributed by atoms with Gasteiger partial charge in [-0.2, -0.15) is 10.1 Å². The number of benzene rings is 1. The molecule has 0 unspecified atom stereocenters. The molecule has 3 aromatic rings. The largest absolute Gasteiger partial charge is 0.341 e. The average Bonchev–Trinajstić information content (AvgIpc) is 3.29. The Morgan fingerprint density at radius 3 is 2.50 bits per heavy atom. The van der Waals surface area contributed by atoms with Gasteiger partial charge in [0.1, 0.15) is 0 Å². The molecular formula is C18H18BrN5. The first kappa shape index (κ1) is 15.3. The molecule has 24 heavy (non-hydrogen) atoms. The van der Waals surface area contributed by atoms with E-state index in [0.29, 0.717) is 0 Å². The van der Waals surface area contributed by atoms with Crippen LogP contribution in [0.3, 0.4) is 0 Å². The van der Waals surface area contributed by atoms with Gasteiger partial charge in [-0.25, -0.2) is 9.67 Å². The Bertz CT molecular complexity index is 853. The SMILES string of the molecule is Cc1nc(N2CCCC2)nc(-n2cc(-c3ccccc3)cn2)c1Br. The van der Waals surface area contributed by atoms with Gasteiger partial charge in [-0.1, -0.05) is 30.3 Å². The van der Waals surface area contributed by atoms with Gasteiger partial charge in [0.15, 0.2) is 5.82 Å². The summed E-state index contributed by atoms with van der Waals surface area (Å²) in [5, 5.41) is 4.51. The Morgan fingerprint density at radius 2 is 1.75 bits per heavy atom. The van der Waals surface area contributed by atoms with E-state index < -0.39 is 0 Å². The third kappa shape index (κ3) is 2.82. The average molecular weight is 384 g/mol. The first-order chi connectivity index (χ1) is 11.7. The summed E-state index contributed by atoms with van der Waals surface area (Å²) >= 11 is 3.62. The molecule has 2 aromatic heterocycles. The number of rotatable bonds is 3. The van der Waals surface area contributed by atoms with Gasteiger partial charge in [-0.3, -0.25) is 0 Å². The molecule has 0 spiro atoms. The zero-order valence-electron chi connectivity index (χ0n) is 13.5. The van der Waals surface area contributed by atoms with Crippen molar-refractivity contribution in [1.29, 1.82) is 0 Å². The van der Waals surface area contributed by atoms with Crippen LogP contribution in [0.15, 0.2) is 47.2 Å². The molecule has 0 atom stereocenters. The molecule has 6 heteroatoms. The standard InChI is InChI=1S/C18H18BrN5/c1-13-16(19)17(22-18(21-13)23-9-5-6-10-23)24-12-15(11-20-24)14-7-3-2-4-8-14/h2-4,7-8,11-12H,5-6,9-10H2,1H3. The number of anilines is 1. The van der Waals surface area contributed by atoms with E-state index in [1.54, 1.807) is 0 Å². The summed E-state index contributed by atoms with van der Waals surface area (Å²) in [4.78, 5) is 11.6. The third-order valence-electron chi connectivity index (χ3n) is 4.28. The van der Waals surface area contributed by atoms with Crippen LogP contribution in [-0.2, 0) is 0 Å². The minimum Gasteiger partial charge on any atom is -0.341 e. The van der Waals surface area contributed by atoms with Gasteiger partial charge >= 0.3 is 0 Å². The van der Waals surface area contributed by atoms with Crippen molar-refractivity contribution in [2.75, 3.05) is 18.0 Å². The third-order valence-corrected chi connectivity index (χ3v) is 5.21. The number of hydrogen-bond donors (Lipinski definition) is 0. The lowest BCUT2D eigenvalue weighted by atomic mass is 10.1. The van der Waals surface area contributed by atoms with Crippen LogP contribution in [-0.4, -0.2) is 32.8 Å². The summed E-state index contributed by atoms with van der Waals surface area (Å²) in [6.45, 7) is 4.04. The van der Waals surface area contributed by atoms with E-state index in [9.17, 15) is 0 Å². The highest BCUT2D eigenvalue weighted by Crippen LogP contribution is 2.27. The van der Waals surface area contributed by atoms with Crippen molar-refractivity contribution in [1.82, 2.24) is 19.7 Å². The molecule has 4 rings (SSSR count). The van der Waals surface area contributed by atoms with Crippen molar-refractivity contribution in [3.05, 3.63) is 52.9 Å². The fourth-order valence-electron chi connectivity index (χ4n) is 2.96. The smallest absolute Gasteiger partial charge is 0.227 e. The Hall–Kier alpha value is -2.21. The molecule has 1 aromatic carbocycles. The van der Waals surface area contributed by atoms with Gasteiger partial charge in [0.2, 0.25) is 5.95 Å². The molecule has 0 bridgehead atoms. The van der Waals surface area contributed by atoms with Gasteiger partial charge in [0.05, 0.1) is 16.4 Å². The first-order valence-corrected chi connectivity index (χ1v) is 8.91. The van der Waals surface area contributed by atoms with Gasteiger partial charge in [-0.05, 0) is 41.3 Å². The summed E-state index contributed by atoms with van der Waals surface area (Å²) in [6, 6.07) is 10.2. The molecule has 1 aliphatic rings. The molecule has 0 aliphatic carbocycles. The van der Waals surface area contributed by atoms with Gasteiger partial charge in [0, 0.05) is 24.8 Å². The Balaban J connectivity index is 1.75. The van der Waals surface area contributed by atoms with Crippen LogP contribution in [0.25, 0.3) is 16.9 Å². The molecule has 122 valence electrons. The number of aromatic nitrogens is 4. The van der Waals surface area contributed by atoms with Crippen molar-refractivity contribution in [3.63, 3.8) is 0 Å². The highest BCUT2D eigenvalue weighted by Gasteiger charge is 2.19. The minimum absolute atomic E-state index is 0.784. The number of nitrogens with zero attached hydrogens (tertiary/aromatic N) is 5. The summed E-state index contributed by atoms with van der Waals surface area (Å²) in [6.07, 6.45) is 6.28. The molecule has 5 nitrogen and oxygen atoms in total. The maximum Gasteiger partial charge on any atom is 0.227 e. The lowest BCUT2D eigenvalue weighted by Gasteiger charge is -2.17. The van der Waals surface area contributed by atoms with Crippen molar-refractivity contribution >= 4 is 21.9 Å². The molecule has 1 aliphatic heterocycles. The van der Waals surface area contributed by atoms with Crippen LogP contribution in [0.2, 0.25) is 0 Å². The quantitative estimate of drug-likeness (QED) is 0.685. The molecule has 3 heterocycles. The number of halogens is 1. The van der Waals surface area contributed by atoms with Crippen LogP contribution in [0, 0.1) is 6.92 Å². The topological polar surface area (TPSA) is 46.8 Å². The lowest BCUT2D eigenvalue weighted by Crippen LogP contribution is -2.22. The summed E-state index contributed by atoms with van der Waals surface area (Å²) in [5.41, 5.74) is 3.14. The number of hydrogen-bond acceptors (Lipinski definition) is 4. The van der Waals surface area contributed by atoms with E-state index in [0.717, 1.165) is 46.1 Å². The molecule has 1 saturated heterocycles. The van der Waals surface area contributed by atoms with Crippen molar-refractivity contribution < 1.29 is 0 Å². The second-order valence-electron chi connectivity index (χ2n) is 5.98. The Labute approximate surface area is 149 Å². The van der Waals surface area contributed by atoms with Gasteiger partial charge in [0.25, 0.3) is 0 Å². The molecule has 1 fully saturated rings. The maximum atomic E-state index is 4.76. The first-order valence-electron chi connectivity index (χ1n) is 8.12. The highest BCUT2D eigenvalue weighted by atomic mass is 79.9. The van der Waals surface area contributed by atoms with Crippen LogP contribution in [0.4, 0.5) is 5.95 Å². The van der Waals surface area contributed by atoms with E-state index in [2.05, 4.69) is 43.0 Å². The zero-order chi connectivity index (χ0) is 16.5. The van der Waals surface area contributed by atoms with Crippen molar-refractivity contribution in [2.24, 2.45) is 0 Å². The fraction of sp³-hybridized carbons (Fsp3) is 0.278. The second-order valence-corrected chi connectivity index (χ2v) is 6.77. The predicted octanol–water partition coefficient (Wildman–Crippen LogP) is 4.00. The van der Waals surface area contributed by atoms with E-state index in [4.69, 9.17) is 4.98 Å². The fourth-order valence-corrected chi connectivity index (χ4v) is 3.32. The highest BCUT2D eigenvalue weighted by molar-refractivity contribution is 9.10. The van der Waals surface area contributed by atoms with Crippen LogP contribution < -0.4 is 4.90 Å². The van der Waals surface area contributed by atoms with E-state index >= 15 is 0 Å². The predicted molar refractivity (Wildman–Crippen MR) is 98.5 cm³/mol. The molecule has 0 N–H and O–H groups in total. The zero-order valence-corrected chi connectivity index (χ0v) is 15.1. The van der Waals surface area contributed by atoms with E-state index in [-0.39, 0.29) is 0 Å². The second kappa shape index (κ2) is 6.36. The van der Waals surface area contributed by atoms with Crippen LogP contribution in [0.5, 0.6) is 0 Å². The molecule has 0 amide bonds. The maximum absolute atomic E-state index is 4.76.